The molecule has 3 aromatic carbocycles. The molecule has 0 bridgehead atoms. The van der Waals surface area contributed by atoms with E-state index in [4.69, 9.17) is 11.6 Å². The maximum atomic E-state index is 13.8. The number of anilines is 1. The maximum absolute atomic E-state index is 13.8. The van der Waals surface area contributed by atoms with Gasteiger partial charge in [-0.15, -0.1) is 0 Å². The van der Waals surface area contributed by atoms with Crippen LogP contribution in [0.3, 0.4) is 0 Å². The van der Waals surface area contributed by atoms with Gasteiger partial charge in [0.2, 0.25) is 0 Å². The number of ketones is 1. The number of nitrogens with one attached hydrogen (secondary N) is 2. The van der Waals surface area contributed by atoms with E-state index in [0.717, 1.165) is 32.2 Å². The Kier molecular flexibility index (Phi) is 3.67. The largest absolute Gasteiger partial charge is 0.365 e. The van der Waals surface area contributed by atoms with Crippen molar-refractivity contribution in [3.05, 3.63) is 99.1 Å². The number of aromatic nitrogens is 1. The van der Waals surface area contributed by atoms with E-state index in [1.165, 1.54) is 0 Å². The normalized spacial score (nSPS) is 18.5. The highest BCUT2D eigenvalue weighted by molar-refractivity contribution is 9.10. The summed E-state index contributed by atoms with van der Waals surface area (Å²) in [5, 5.41) is 5.06. The number of fused-ring (bicyclic) bond motifs is 2. The van der Waals surface area contributed by atoms with Gasteiger partial charge in [0.05, 0.1) is 5.52 Å². The molecular formula is C22H14BrClN2O. The Hall–Kier alpha value is -2.56. The average Bonchev–Trinajstić information content (AvgIpc) is 3.24. The van der Waals surface area contributed by atoms with Gasteiger partial charge in [-0.05, 0) is 45.8 Å². The number of benzene rings is 3. The number of carbonyl (C=O) groups excluding carboxylic acids is 1. The number of H-pyrrole nitrogens is 1. The summed E-state index contributed by atoms with van der Waals surface area (Å²) in [5.74, 6) is -0.00734. The van der Waals surface area contributed by atoms with Crippen molar-refractivity contribution in [3.8, 4) is 0 Å². The van der Waals surface area contributed by atoms with Crippen molar-refractivity contribution in [2.45, 2.75) is 5.54 Å². The van der Waals surface area contributed by atoms with Gasteiger partial charge in [0.15, 0.2) is 11.3 Å². The fraction of sp³-hybridized carbons (Fsp3) is 0.0455. The smallest absolute Gasteiger partial charge is 0.199 e. The zero-order valence-corrected chi connectivity index (χ0v) is 16.4. The number of hydrogen-bond donors (Lipinski definition) is 2. The predicted octanol–water partition coefficient (Wildman–Crippen LogP) is 6.14. The van der Waals surface area contributed by atoms with E-state index < -0.39 is 5.54 Å². The van der Waals surface area contributed by atoms with Crippen LogP contribution >= 0.6 is 27.5 Å². The molecule has 27 heavy (non-hydrogen) atoms. The first-order valence-electron chi connectivity index (χ1n) is 8.55. The third-order valence-electron chi connectivity index (χ3n) is 5.16. The fourth-order valence-electron chi connectivity index (χ4n) is 3.94. The van der Waals surface area contributed by atoms with Gasteiger partial charge in [-0.3, -0.25) is 4.79 Å². The van der Waals surface area contributed by atoms with Crippen LogP contribution in [-0.2, 0) is 5.54 Å². The molecule has 5 rings (SSSR count). The summed E-state index contributed by atoms with van der Waals surface area (Å²) in [6.45, 7) is 0. The summed E-state index contributed by atoms with van der Waals surface area (Å²) in [5.41, 5.74) is 3.14. The lowest BCUT2D eigenvalue weighted by atomic mass is 9.79. The molecule has 0 aliphatic carbocycles. The van der Waals surface area contributed by atoms with Gasteiger partial charge in [-0.2, -0.15) is 0 Å². The number of hydrogen-bond acceptors (Lipinski definition) is 2. The van der Waals surface area contributed by atoms with Crippen LogP contribution in [0, 0.1) is 0 Å². The van der Waals surface area contributed by atoms with Crippen LogP contribution in [0.15, 0.2) is 77.4 Å². The number of para-hydroxylation sites is 1. The quantitative estimate of drug-likeness (QED) is 0.396. The summed E-state index contributed by atoms with van der Waals surface area (Å²) in [4.78, 5) is 17.1. The SMILES string of the molecule is O=C1c2cc(Cl)ccc2NC1(c1ccccc1)c1c[nH]c2c(Br)cccc12. The van der Waals surface area contributed by atoms with Gasteiger partial charge >= 0.3 is 0 Å². The highest BCUT2D eigenvalue weighted by Gasteiger charge is 2.49. The summed E-state index contributed by atoms with van der Waals surface area (Å²) in [6, 6.07) is 21.2. The van der Waals surface area contributed by atoms with Gasteiger partial charge in [0.1, 0.15) is 0 Å². The first kappa shape index (κ1) is 16.6. The maximum Gasteiger partial charge on any atom is 0.199 e. The number of aromatic amines is 1. The highest BCUT2D eigenvalue weighted by Crippen LogP contribution is 2.47. The second kappa shape index (κ2) is 5.98. The van der Waals surface area contributed by atoms with Crippen molar-refractivity contribution in [1.29, 1.82) is 0 Å². The van der Waals surface area contributed by atoms with Crippen LogP contribution < -0.4 is 5.32 Å². The molecule has 0 amide bonds. The standard InChI is InChI=1S/C22H14BrClN2O/c23-18-8-4-7-15-17(12-25-20(15)18)22(13-5-2-1-3-6-13)21(27)16-11-14(24)9-10-19(16)26-22/h1-12,25-26H. The number of halogens is 2. The lowest BCUT2D eigenvalue weighted by molar-refractivity contribution is 0.0941. The highest BCUT2D eigenvalue weighted by atomic mass is 79.9. The van der Waals surface area contributed by atoms with Crippen molar-refractivity contribution < 1.29 is 4.79 Å². The van der Waals surface area contributed by atoms with Crippen LogP contribution in [0.1, 0.15) is 21.5 Å². The van der Waals surface area contributed by atoms with E-state index in [9.17, 15) is 4.79 Å². The minimum Gasteiger partial charge on any atom is -0.365 e. The minimum atomic E-state index is -1.01. The molecule has 2 N–H and O–H groups in total. The summed E-state index contributed by atoms with van der Waals surface area (Å²) >= 11 is 9.77. The monoisotopic (exact) mass is 436 g/mol. The van der Waals surface area contributed by atoms with E-state index in [2.05, 4.69) is 26.2 Å². The van der Waals surface area contributed by atoms with Gasteiger partial charge < -0.3 is 10.3 Å². The van der Waals surface area contributed by atoms with Gasteiger partial charge in [0.25, 0.3) is 0 Å². The lowest BCUT2D eigenvalue weighted by Gasteiger charge is -2.29. The van der Waals surface area contributed by atoms with E-state index in [0.29, 0.717) is 10.6 Å². The number of carbonyl (C=O) groups is 1. The first-order valence-corrected chi connectivity index (χ1v) is 9.72. The van der Waals surface area contributed by atoms with E-state index in [1.54, 1.807) is 12.1 Å². The molecule has 0 saturated heterocycles. The Morgan fingerprint density at radius 3 is 2.59 bits per heavy atom. The molecule has 0 fully saturated rings. The average molecular weight is 438 g/mol. The van der Waals surface area contributed by atoms with E-state index in [-0.39, 0.29) is 5.78 Å². The second-order valence-electron chi connectivity index (χ2n) is 6.62. The minimum absolute atomic E-state index is 0.00734. The van der Waals surface area contributed by atoms with Crippen molar-refractivity contribution in [2.75, 3.05) is 5.32 Å². The molecule has 0 spiro atoms. The van der Waals surface area contributed by atoms with Crippen molar-refractivity contribution in [2.24, 2.45) is 0 Å². The summed E-state index contributed by atoms with van der Waals surface area (Å²) in [7, 11) is 0. The van der Waals surface area contributed by atoms with Crippen molar-refractivity contribution in [3.63, 3.8) is 0 Å². The molecule has 2 heterocycles. The molecule has 1 aromatic heterocycles. The zero-order valence-electron chi connectivity index (χ0n) is 14.1. The Morgan fingerprint density at radius 2 is 1.78 bits per heavy atom. The lowest BCUT2D eigenvalue weighted by Crippen LogP contribution is -2.39. The van der Waals surface area contributed by atoms with Crippen LogP contribution in [0.4, 0.5) is 5.69 Å². The Labute approximate surface area is 169 Å². The molecule has 1 aliphatic heterocycles. The van der Waals surface area contributed by atoms with E-state index >= 15 is 0 Å². The molecule has 1 aliphatic rings. The van der Waals surface area contributed by atoms with Gasteiger partial charge in [0, 0.05) is 37.9 Å². The molecule has 5 heteroatoms. The van der Waals surface area contributed by atoms with Crippen LogP contribution in [0.2, 0.25) is 5.02 Å². The molecule has 132 valence electrons. The summed E-state index contributed by atoms with van der Waals surface area (Å²) in [6.07, 6.45) is 1.92. The molecule has 0 radical (unpaired) electrons. The fourth-order valence-corrected chi connectivity index (χ4v) is 4.59. The van der Waals surface area contributed by atoms with Crippen molar-refractivity contribution in [1.82, 2.24) is 4.98 Å². The zero-order chi connectivity index (χ0) is 18.6. The van der Waals surface area contributed by atoms with Crippen LogP contribution in [0.5, 0.6) is 0 Å². The summed E-state index contributed by atoms with van der Waals surface area (Å²) < 4.78 is 0.959. The third-order valence-corrected chi connectivity index (χ3v) is 6.06. The third kappa shape index (κ3) is 2.30. The number of Topliss-reactive ketones (excluding diaryl/α,β-unsaturated/α-hetero) is 1. The Balaban J connectivity index is 1.84. The van der Waals surface area contributed by atoms with Crippen LogP contribution in [0.25, 0.3) is 10.9 Å². The Morgan fingerprint density at radius 1 is 0.963 bits per heavy atom. The molecular weight excluding hydrogens is 424 g/mol. The van der Waals surface area contributed by atoms with Crippen LogP contribution in [-0.4, -0.2) is 10.8 Å². The topological polar surface area (TPSA) is 44.9 Å². The Bertz CT molecular complexity index is 1200. The van der Waals surface area contributed by atoms with E-state index in [1.807, 2.05) is 60.8 Å². The van der Waals surface area contributed by atoms with Gasteiger partial charge in [-0.1, -0.05) is 54.1 Å². The number of rotatable bonds is 2. The predicted molar refractivity (Wildman–Crippen MR) is 113 cm³/mol. The molecule has 1 atom stereocenters. The molecule has 1 unspecified atom stereocenters. The molecule has 3 nitrogen and oxygen atoms in total. The van der Waals surface area contributed by atoms with Gasteiger partial charge in [-0.25, -0.2) is 0 Å². The molecule has 4 aromatic rings. The second-order valence-corrected chi connectivity index (χ2v) is 7.92. The van der Waals surface area contributed by atoms with Crippen molar-refractivity contribution >= 4 is 49.9 Å². The molecule has 0 saturated carbocycles. The first-order chi connectivity index (χ1) is 13.1.